The minimum absolute atomic E-state index is 0.182. The molecule has 6 unspecified atom stereocenters. The van der Waals surface area contributed by atoms with E-state index in [1.807, 2.05) is 0 Å². The van der Waals surface area contributed by atoms with Crippen molar-refractivity contribution in [2.75, 3.05) is 0 Å². The molecule has 0 amide bonds. The Balaban J connectivity index is 1.66. The van der Waals surface area contributed by atoms with Crippen molar-refractivity contribution in [3.05, 3.63) is 0 Å². The van der Waals surface area contributed by atoms with Crippen LogP contribution in [-0.4, -0.2) is 22.2 Å². The first-order chi connectivity index (χ1) is 7.40. The molecule has 10 saturated heterocycles. The van der Waals surface area contributed by atoms with Gasteiger partial charge < -0.3 is 0 Å². The maximum atomic E-state index is 9.72. The van der Waals surface area contributed by atoms with Crippen LogP contribution in [0.1, 0.15) is 0 Å². The van der Waals surface area contributed by atoms with Crippen LogP contribution in [0, 0.1) is 0 Å². The summed E-state index contributed by atoms with van der Waals surface area (Å²) in [6.45, 7) is -3.02. The molecule has 0 aliphatic carbocycles. The summed E-state index contributed by atoms with van der Waals surface area (Å²) in [7, 11) is 2.89. The van der Waals surface area contributed by atoms with Gasteiger partial charge in [-0.05, 0) is 0 Å². The first kappa shape index (κ1) is 6.35. The molecule has 10 rings (SSSR count). The van der Waals surface area contributed by atoms with Gasteiger partial charge in [0.25, 0.3) is 0 Å². The van der Waals surface area contributed by atoms with Gasteiger partial charge in [-0.1, -0.05) is 0 Å². The molecule has 4 heteroatoms. The zero-order valence-electron chi connectivity index (χ0n) is 8.68. The Hall–Kier alpha value is 0.869. The van der Waals surface area contributed by atoms with Crippen LogP contribution in [0.25, 0.3) is 0 Å². The van der Waals surface area contributed by atoms with Crippen molar-refractivity contribution < 1.29 is 16.7 Å². The van der Waals surface area contributed by atoms with Crippen molar-refractivity contribution in [3.63, 3.8) is 0 Å². The molecule has 0 aromatic rings. The van der Waals surface area contributed by atoms with Crippen molar-refractivity contribution >= 4 is 9.24 Å². The molecule has 16 heavy (non-hydrogen) atoms. The molecule has 2 nitrogen and oxygen atoms in total. The first-order valence-corrected chi connectivity index (χ1v) is 13.7. The van der Waals surface area contributed by atoms with E-state index < -0.39 is 12.8 Å². The fourth-order valence-electron chi connectivity index (χ4n) is 17.5. The number of hydrogen-bond acceptors (Lipinski definition) is 2. The van der Waals surface area contributed by atoms with E-state index in [1.165, 1.54) is 43.3 Å². The summed E-state index contributed by atoms with van der Waals surface area (Å²) in [6.07, 6.45) is -1.04. The van der Waals surface area contributed by atoms with Crippen LogP contribution in [0.5, 0.6) is 0 Å². The molecule has 88 valence electrons. The van der Waals surface area contributed by atoms with Crippen LogP contribution >= 0.6 is 9.24 Å². The topological polar surface area (TPSA) is 40.5 Å². The molecule has 6 atom stereocenters. The SMILES string of the molecule is OC(O)C(P)[C]12[CH]3[CH]4[CH]5[CH]1[Fe]45321678[CH]2[CH]1[CH]6[CH]7[CH]28. The summed E-state index contributed by atoms with van der Waals surface area (Å²) in [5, 5.41) is 19.4. The van der Waals surface area contributed by atoms with Crippen molar-refractivity contribution in [1.82, 2.24) is 0 Å². The summed E-state index contributed by atoms with van der Waals surface area (Å²) >= 11 is 0. The van der Waals surface area contributed by atoms with E-state index in [1.54, 1.807) is 0 Å². The molecule has 10 fully saturated rings. The summed E-state index contributed by atoms with van der Waals surface area (Å²) in [5.41, 5.74) is 0.182. The third kappa shape index (κ3) is 0.0571. The van der Waals surface area contributed by atoms with E-state index >= 15 is 0 Å². The summed E-state index contributed by atoms with van der Waals surface area (Å²) in [4.78, 5) is 11.5. The van der Waals surface area contributed by atoms with Crippen molar-refractivity contribution in [2.24, 2.45) is 0 Å². The molecular formula is C12H15FeO2P. The van der Waals surface area contributed by atoms with Crippen molar-refractivity contribution in [2.45, 2.75) is 59.6 Å². The van der Waals surface area contributed by atoms with Gasteiger partial charge in [0.2, 0.25) is 0 Å². The maximum absolute atomic E-state index is 9.72. The molecule has 0 saturated carbocycles. The van der Waals surface area contributed by atoms with Gasteiger partial charge in [-0.2, -0.15) is 0 Å². The summed E-state index contributed by atoms with van der Waals surface area (Å²) < 4.78 is 0.637. The standard InChI is InChI=1S/C7H10O2P.C5H5.Fe/c8-7(9)6(10)5-3-1-2-4-5;1-2-4-5-3-1;/h1-4,6-9H,10H2;1-5H;. The monoisotopic (exact) mass is 278 g/mol. The molecule has 2 N–H and O–H groups in total. The number of fused-ring (bicyclic) bond motifs is 10. The van der Waals surface area contributed by atoms with Gasteiger partial charge in [0.05, 0.1) is 0 Å². The van der Waals surface area contributed by atoms with Gasteiger partial charge in [-0.25, -0.2) is 0 Å². The predicted molar refractivity (Wildman–Crippen MR) is 58.2 cm³/mol. The third-order valence-corrected chi connectivity index (χ3v) is 59.5. The Morgan fingerprint density at radius 2 is 1.31 bits per heavy atom. The van der Waals surface area contributed by atoms with Crippen LogP contribution < -0.4 is 0 Å². The van der Waals surface area contributed by atoms with Crippen LogP contribution in [-0.2, 0) is 6.51 Å². The Labute approximate surface area is 85.7 Å². The molecule has 0 radical (unpaired) electrons. The second kappa shape index (κ2) is 0.487. The third-order valence-electron chi connectivity index (χ3n) is 15.6. The van der Waals surface area contributed by atoms with E-state index in [0.29, 0.717) is 4.31 Å². The Kier molecular flexibility index (Phi) is 0.193. The molecule has 10 aliphatic heterocycles. The van der Waals surface area contributed by atoms with E-state index in [9.17, 15) is 10.2 Å². The minimum atomic E-state index is -3.02. The zero-order valence-corrected chi connectivity index (χ0v) is 10.9. The quantitative estimate of drug-likeness (QED) is 0.462. The Bertz CT molecular complexity index is 855. The van der Waals surface area contributed by atoms with Crippen LogP contribution in [0.2, 0.25) is 47.7 Å². The molecular weight excluding hydrogens is 263 g/mol. The van der Waals surface area contributed by atoms with E-state index in [0.717, 1.165) is 0 Å². The fourth-order valence-corrected chi connectivity index (χ4v) is 95.9. The molecule has 1 spiro atoms. The van der Waals surface area contributed by atoms with E-state index in [2.05, 4.69) is 9.24 Å². The summed E-state index contributed by atoms with van der Waals surface area (Å²) in [5.74, 6) is 0. The average molecular weight is 278 g/mol. The van der Waals surface area contributed by atoms with Gasteiger partial charge in [0, 0.05) is 0 Å². The normalized spacial score (nSPS) is 128. The Morgan fingerprint density at radius 1 is 0.875 bits per heavy atom. The fraction of sp³-hybridized carbons (Fsp3) is 1.00. The number of aliphatic hydroxyl groups is 2. The predicted octanol–water partition coefficient (Wildman–Crippen LogP) is 2.30. The first-order valence-electron chi connectivity index (χ1n) is 6.73. The number of rotatable bonds is 2. The number of aliphatic hydroxyl groups excluding tert-OH is 1. The van der Waals surface area contributed by atoms with Crippen molar-refractivity contribution in [1.29, 1.82) is 0 Å². The molecule has 0 bridgehead atoms. The van der Waals surface area contributed by atoms with Gasteiger partial charge in [0.15, 0.2) is 0 Å². The zero-order chi connectivity index (χ0) is 10.2. The van der Waals surface area contributed by atoms with Crippen LogP contribution in [0.15, 0.2) is 0 Å². The van der Waals surface area contributed by atoms with Gasteiger partial charge in [-0.3, -0.25) is 0 Å². The summed E-state index contributed by atoms with van der Waals surface area (Å²) in [6, 6.07) is 0. The number of hydrogen-bond donors (Lipinski definition) is 2. The van der Waals surface area contributed by atoms with Gasteiger partial charge in [-0.15, -0.1) is 0 Å². The van der Waals surface area contributed by atoms with E-state index in [4.69, 9.17) is 0 Å². The van der Waals surface area contributed by atoms with Crippen molar-refractivity contribution in [3.8, 4) is 0 Å². The molecule has 0 aromatic heterocycles. The van der Waals surface area contributed by atoms with Gasteiger partial charge >= 0.3 is 85.6 Å². The van der Waals surface area contributed by atoms with E-state index in [-0.39, 0.29) is 5.66 Å². The molecule has 0 aromatic carbocycles. The van der Waals surface area contributed by atoms with Crippen LogP contribution in [0.4, 0.5) is 0 Å². The van der Waals surface area contributed by atoms with Crippen LogP contribution in [0.3, 0.4) is 0 Å². The molecule has 10 aliphatic rings. The van der Waals surface area contributed by atoms with Gasteiger partial charge in [0.1, 0.15) is 0 Å². The average Bonchev–Trinajstić information content (AvgIpc) is 3.20. The molecule has 10 heterocycles. The second-order valence-corrected chi connectivity index (χ2v) is 35.0. The Morgan fingerprint density at radius 3 is 1.50 bits per heavy atom. The second-order valence-electron chi connectivity index (χ2n) is 10.7.